The van der Waals surface area contributed by atoms with Crippen molar-refractivity contribution in [1.29, 1.82) is 0 Å². The Morgan fingerprint density at radius 2 is 1.88 bits per heavy atom. The van der Waals surface area contributed by atoms with E-state index in [1.54, 1.807) is 0 Å². The number of halogens is 4. The Hall–Kier alpha value is -3.03. The summed E-state index contributed by atoms with van der Waals surface area (Å²) >= 11 is 0. The molecule has 0 saturated carbocycles. The average Bonchev–Trinajstić information content (AvgIpc) is 2.56. The number of hydrogen-bond acceptors (Lipinski definition) is 3. The number of benzene rings is 2. The molecule has 0 radical (unpaired) electrons. The molecule has 0 saturated heterocycles. The van der Waals surface area contributed by atoms with Crippen LogP contribution in [0.15, 0.2) is 53.6 Å². The molecule has 0 atom stereocenters. The molecule has 0 fully saturated rings. The topological polar surface area (TPSA) is 52.0 Å². The highest BCUT2D eigenvalue weighted by Crippen LogP contribution is 2.29. The van der Waals surface area contributed by atoms with Crippen LogP contribution in [0.4, 0.5) is 17.6 Å². The van der Waals surface area contributed by atoms with Gasteiger partial charge in [-0.05, 0) is 24.3 Å². The lowest BCUT2D eigenvalue weighted by molar-refractivity contribution is -0.137. The molecular formula is C17H10F4N2O2. The summed E-state index contributed by atoms with van der Waals surface area (Å²) in [6, 6.07) is 7.37. The summed E-state index contributed by atoms with van der Waals surface area (Å²) < 4.78 is 52.3. The standard InChI is InChI=1S/C17H10F4N2O2/c18-12-4-5-13-14(7-12)22-9-23(16(13)25)8-15(24)10-2-1-3-11(6-10)17(19,20)21/h1-7,9H,8H2. The lowest BCUT2D eigenvalue weighted by atomic mass is 10.1. The Morgan fingerprint density at radius 3 is 2.60 bits per heavy atom. The first-order valence-electron chi connectivity index (χ1n) is 7.11. The van der Waals surface area contributed by atoms with Gasteiger partial charge in [0.1, 0.15) is 5.82 Å². The summed E-state index contributed by atoms with van der Waals surface area (Å²) in [4.78, 5) is 28.4. The van der Waals surface area contributed by atoms with Crippen LogP contribution >= 0.6 is 0 Å². The number of fused-ring (bicyclic) bond motifs is 1. The molecular weight excluding hydrogens is 340 g/mol. The zero-order valence-corrected chi connectivity index (χ0v) is 12.5. The lowest BCUT2D eigenvalue weighted by Gasteiger charge is -2.09. The zero-order chi connectivity index (χ0) is 18.2. The number of carbonyl (C=O) groups is 1. The number of nitrogens with zero attached hydrogens (tertiary/aromatic N) is 2. The van der Waals surface area contributed by atoms with Crippen molar-refractivity contribution >= 4 is 16.7 Å². The summed E-state index contributed by atoms with van der Waals surface area (Å²) in [7, 11) is 0. The summed E-state index contributed by atoms with van der Waals surface area (Å²) in [5.41, 5.74) is -1.56. The van der Waals surface area contributed by atoms with Gasteiger partial charge in [0.15, 0.2) is 5.78 Å². The Morgan fingerprint density at radius 1 is 1.12 bits per heavy atom. The molecule has 4 nitrogen and oxygen atoms in total. The first-order valence-corrected chi connectivity index (χ1v) is 7.11. The van der Waals surface area contributed by atoms with Crippen molar-refractivity contribution in [3.63, 3.8) is 0 Å². The maximum absolute atomic E-state index is 13.1. The van der Waals surface area contributed by atoms with Gasteiger partial charge in [-0.3, -0.25) is 14.2 Å². The van der Waals surface area contributed by atoms with Gasteiger partial charge in [-0.1, -0.05) is 12.1 Å². The minimum Gasteiger partial charge on any atom is -0.292 e. The second-order valence-electron chi connectivity index (χ2n) is 5.34. The van der Waals surface area contributed by atoms with Crippen LogP contribution < -0.4 is 5.56 Å². The second kappa shape index (κ2) is 6.12. The van der Waals surface area contributed by atoms with Gasteiger partial charge in [0, 0.05) is 11.6 Å². The number of hydrogen-bond donors (Lipinski definition) is 0. The Kier molecular flexibility index (Phi) is 4.12. The van der Waals surface area contributed by atoms with E-state index in [-0.39, 0.29) is 16.5 Å². The fourth-order valence-electron chi connectivity index (χ4n) is 2.36. The maximum Gasteiger partial charge on any atom is 0.416 e. The van der Waals surface area contributed by atoms with Gasteiger partial charge in [-0.15, -0.1) is 0 Å². The number of rotatable bonds is 3. The first-order chi connectivity index (χ1) is 11.8. The number of alkyl halides is 3. The molecule has 0 unspecified atom stereocenters. The van der Waals surface area contributed by atoms with Crippen LogP contribution in [0.3, 0.4) is 0 Å². The van der Waals surface area contributed by atoms with Crippen LogP contribution in [0.2, 0.25) is 0 Å². The molecule has 0 bridgehead atoms. The van der Waals surface area contributed by atoms with Gasteiger partial charge in [0.25, 0.3) is 5.56 Å². The molecule has 3 rings (SSSR count). The Labute approximate surface area is 138 Å². The van der Waals surface area contributed by atoms with E-state index < -0.39 is 35.4 Å². The summed E-state index contributed by atoms with van der Waals surface area (Å²) in [5.74, 6) is -1.23. The fourth-order valence-corrected chi connectivity index (χ4v) is 2.36. The third-order valence-corrected chi connectivity index (χ3v) is 3.61. The molecule has 25 heavy (non-hydrogen) atoms. The van der Waals surface area contributed by atoms with E-state index >= 15 is 0 Å². The van der Waals surface area contributed by atoms with Gasteiger partial charge in [-0.25, -0.2) is 9.37 Å². The molecule has 2 aromatic carbocycles. The molecule has 0 aliphatic carbocycles. The molecule has 0 amide bonds. The quantitative estimate of drug-likeness (QED) is 0.537. The van der Waals surface area contributed by atoms with Crippen molar-refractivity contribution < 1.29 is 22.4 Å². The fraction of sp³-hybridized carbons (Fsp3) is 0.118. The van der Waals surface area contributed by atoms with Crippen LogP contribution in [0.5, 0.6) is 0 Å². The highest BCUT2D eigenvalue weighted by atomic mass is 19.4. The third-order valence-electron chi connectivity index (χ3n) is 3.61. The highest BCUT2D eigenvalue weighted by molar-refractivity contribution is 5.96. The van der Waals surface area contributed by atoms with E-state index in [4.69, 9.17) is 0 Å². The van der Waals surface area contributed by atoms with Gasteiger partial charge in [-0.2, -0.15) is 13.2 Å². The Balaban J connectivity index is 1.94. The zero-order valence-electron chi connectivity index (χ0n) is 12.5. The SMILES string of the molecule is O=C(Cn1cnc2cc(F)ccc2c1=O)c1cccc(C(F)(F)F)c1. The minimum absolute atomic E-state index is 0.112. The van der Waals surface area contributed by atoms with Crippen molar-refractivity contribution in [1.82, 2.24) is 9.55 Å². The van der Waals surface area contributed by atoms with Crippen LogP contribution in [0.1, 0.15) is 15.9 Å². The van der Waals surface area contributed by atoms with Gasteiger partial charge >= 0.3 is 6.18 Å². The van der Waals surface area contributed by atoms with Gasteiger partial charge in [0.05, 0.1) is 29.3 Å². The number of aromatic nitrogens is 2. The first kappa shape index (κ1) is 16.8. The molecule has 1 aromatic heterocycles. The lowest BCUT2D eigenvalue weighted by Crippen LogP contribution is -2.25. The number of ketones is 1. The van der Waals surface area contributed by atoms with Crippen LogP contribution in [-0.4, -0.2) is 15.3 Å². The monoisotopic (exact) mass is 350 g/mol. The molecule has 0 N–H and O–H groups in total. The summed E-state index contributed by atoms with van der Waals surface area (Å²) in [6.45, 7) is -0.472. The van der Waals surface area contributed by atoms with Crippen molar-refractivity contribution in [3.8, 4) is 0 Å². The van der Waals surface area contributed by atoms with E-state index in [0.29, 0.717) is 0 Å². The predicted molar refractivity (Wildman–Crippen MR) is 81.7 cm³/mol. The van der Waals surface area contributed by atoms with E-state index in [2.05, 4.69) is 4.98 Å². The maximum atomic E-state index is 13.1. The molecule has 0 aliphatic heterocycles. The number of carbonyl (C=O) groups excluding carboxylic acids is 1. The van der Waals surface area contributed by atoms with E-state index in [9.17, 15) is 27.2 Å². The normalized spacial score (nSPS) is 11.7. The van der Waals surface area contributed by atoms with Crippen LogP contribution in [0, 0.1) is 5.82 Å². The van der Waals surface area contributed by atoms with E-state index in [1.807, 2.05) is 0 Å². The van der Waals surface area contributed by atoms with E-state index in [0.717, 1.165) is 41.2 Å². The van der Waals surface area contributed by atoms with Crippen molar-refractivity contribution in [2.75, 3.05) is 0 Å². The largest absolute Gasteiger partial charge is 0.416 e. The predicted octanol–water partition coefficient (Wildman–Crippen LogP) is 3.44. The smallest absolute Gasteiger partial charge is 0.292 e. The molecule has 8 heteroatoms. The minimum atomic E-state index is -4.57. The molecule has 1 heterocycles. The van der Waals surface area contributed by atoms with Gasteiger partial charge in [0.2, 0.25) is 0 Å². The molecule has 0 spiro atoms. The van der Waals surface area contributed by atoms with E-state index in [1.165, 1.54) is 12.1 Å². The third kappa shape index (κ3) is 3.42. The summed E-state index contributed by atoms with van der Waals surface area (Å²) in [6.07, 6.45) is -3.50. The molecule has 3 aromatic rings. The van der Waals surface area contributed by atoms with Crippen molar-refractivity contribution in [2.45, 2.75) is 12.7 Å². The van der Waals surface area contributed by atoms with Gasteiger partial charge < -0.3 is 0 Å². The highest BCUT2D eigenvalue weighted by Gasteiger charge is 2.30. The van der Waals surface area contributed by atoms with Crippen LogP contribution in [-0.2, 0) is 12.7 Å². The average molecular weight is 350 g/mol. The van der Waals surface area contributed by atoms with Crippen molar-refractivity contribution in [3.05, 3.63) is 76.1 Å². The van der Waals surface area contributed by atoms with Crippen LogP contribution in [0.25, 0.3) is 10.9 Å². The summed E-state index contributed by atoms with van der Waals surface area (Å²) in [5, 5.41) is 0.112. The Bertz CT molecular complexity index is 1030. The number of Topliss-reactive ketones (excluding diaryl/α,β-unsaturated/α-hetero) is 1. The second-order valence-corrected chi connectivity index (χ2v) is 5.34. The van der Waals surface area contributed by atoms with Crippen molar-refractivity contribution in [2.24, 2.45) is 0 Å². The molecule has 0 aliphatic rings. The molecule has 128 valence electrons.